The molecule has 0 aliphatic heterocycles. The Bertz CT molecular complexity index is 541. The Labute approximate surface area is 103 Å². The number of H-pyrrole nitrogens is 1. The first-order valence-electron chi connectivity index (χ1n) is 5.15. The van der Waals surface area contributed by atoms with Crippen molar-refractivity contribution in [1.82, 2.24) is 15.0 Å². The summed E-state index contributed by atoms with van der Waals surface area (Å²) in [6, 6.07) is 5.71. The minimum Gasteiger partial charge on any atom is -0.365 e. The number of pyridine rings is 1. The summed E-state index contributed by atoms with van der Waals surface area (Å²) in [7, 11) is 0. The third kappa shape index (κ3) is 3.29. The Morgan fingerprint density at radius 2 is 2.29 bits per heavy atom. The van der Waals surface area contributed by atoms with Gasteiger partial charge in [-0.15, -0.1) is 0 Å². The summed E-state index contributed by atoms with van der Waals surface area (Å²) in [5.74, 6) is 0.230. The molecule has 0 amide bonds. The standard InChI is InChI=1S/C11H11ClN4O/c12-9-7-15-11(17)10(16-9)14-6-4-8-3-1-2-5-13-8/h1-3,5,7H,4,6H2,(H,14,16)(H,15,17). The molecule has 2 aromatic heterocycles. The molecule has 0 atom stereocenters. The molecule has 0 aliphatic carbocycles. The topological polar surface area (TPSA) is 70.7 Å². The van der Waals surface area contributed by atoms with Crippen molar-refractivity contribution < 1.29 is 0 Å². The van der Waals surface area contributed by atoms with E-state index in [0.29, 0.717) is 13.0 Å². The Kier molecular flexibility index (Phi) is 3.72. The molecule has 0 saturated carbocycles. The van der Waals surface area contributed by atoms with Crippen LogP contribution in [0.15, 0.2) is 35.4 Å². The van der Waals surface area contributed by atoms with E-state index in [1.165, 1.54) is 6.20 Å². The average molecular weight is 251 g/mol. The number of aromatic amines is 1. The summed E-state index contributed by atoms with van der Waals surface area (Å²) in [6.45, 7) is 0.577. The molecule has 0 bridgehead atoms. The van der Waals surface area contributed by atoms with Crippen LogP contribution in [0.2, 0.25) is 5.15 Å². The van der Waals surface area contributed by atoms with Crippen LogP contribution in [0.3, 0.4) is 0 Å². The lowest BCUT2D eigenvalue weighted by atomic mass is 10.3. The monoisotopic (exact) mass is 250 g/mol. The van der Waals surface area contributed by atoms with Crippen LogP contribution in [-0.4, -0.2) is 21.5 Å². The van der Waals surface area contributed by atoms with E-state index >= 15 is 0 Å². The molecule has 2 heterocycles. The Balaban J connectivity index is 1.94. The number of nitrogens with zero attached hydrogens (tertiary/aromatic N) is 2. The molecular weight excluding hydrogens is 240 g/mol. The highest BCUT2D eigenvalue weighted by Crippen LogP contribution is 2.02. The number of hydrogen-bond donors (Lipinski definition) is 2. The second kappa shape index (κ2) is 5.45. The lowest BCUT2D eigenvalue weighted by Gasteiger charge is -2.04. The zero-order chi connectivity index (χ0) is 12.1. The van der Waals surface area contributed by atoms with Gasteiger partial charge in [0.15, 0.2) is 5.82 Å². The SMILES string of the molecule is O=c1[nH]cc(Cl)nc1NCCc1ccccn1. The largest absolute Gasteiger partial charge is 0.365 e. The molecule has 88 valence electrons. The fourth-order valence-corrected chi connectivity index (χ4v) is 1.50. The first-order valence-corrected chi connectivity index (χ1v) is 5.52. The molecule has 2 rings (SSSR count). The van der Waals surface area contributed by atoms with Gasteiger partial charge < -0.3 is 10.3 Å². The summed E-state index contributed by atoms with van der Waals surface area (Å²) < 4.78 is 0. The second-order valence-electron chi connectivity index (χ2n) is 3.40. The molecule has 0 fully saturated rings. The van der Waals surface area contributed by atoms with Crippen molar-refractivity contribution in [3.8, 4) is 0 Å². The molecule has 0 aromatic carbocycles. The third-order valence-electron chi connectivity index (χ3n) is 2.16. The van der Waals surface area contributed by atoms with Crippen LogP contribution < -0.4 is 10.9 Å². The third-order valence-corrected chi connectivity index (χ3v) is 2.35. The van der Waals surface area contributed by atoms with Crippen LogP contribution in [0.25, 0.3) is 0 Å². The lowest BCUT2D eigenvalue weighted by Crippen LogP contribution is -2.17. The van der Waals surface area contributed by atoms with E-state index in [1.807, 2.05) is 18.2 Å². The van der Waals surface area contributed by atoms with Crippen molar-refractivity contribution in [3.63, 3.8) is 0 Å². The van der Waals surface area contributed by atoms with Gasteiger partial charge in [-0.2, -0.15) is 0 Å². The molecule has 0 unspecified atom stereocenters. The van der Waals surface area contributed by atoms with Crippen LogP contribution in [-0.2, 0) is 6.42 Å². The molecule has 6 heteroatoms. The number of aromatic nitrogens is 3. The summed E-state index contributed by atoms with van der Waals surface area (Å²) in [4.78, 5) is 21.9. The van der Waals surface area contributed by atoms with Crippen molar-refractivity contribution in [2.24, 2.45) is 0 Å². The van der Waals surface area contributed by atoms with Gasteiger partial charge in [0.05, 0.1) is 0 Å². The highest BCUT2D eigenvalue weighted by atomic mass is 35.5. The maximum atomic E-state index is 11.4. The molecule has 17 heavy (non-hydrogen) atoms. The highest BCUT2D eigenvalue weighted by Gasteiger charge is 2.01. The summed E-state index contributed by atoms with van der Waals surface area (Å²) in [5.41, 5.74) is 0.675. The average Bonchev–Trinajstić information content (AvgIpc) is 2.35. The van der Waals surface area contributed by atoms with E-state index in [9.17, 15) is 4.79 Å². The van der Waals surface area contributed by atoms with Crippen molar-refractivity contribution in [3.05, 3.63) is 51.8 Å². The van der Waals surface area contributed by atoms with Crippen molar-refractivity contribution >= 4 is 17.4 Å². The smallest absolute Gasteiger partial charge is 0.290 e. The van der Waals surface area contributed by atoms with Crippen molar-refractivity contribution in [2.45, 2.75) is 6.42 Å². The minimum atomic E-state index is -0.282. The summed E-state index contributed by atoms with van der Waals surface area (Å²) >= 11 is 5.68. The van der Waals surface area contributed by atoms with Crippen LogP contribution in [0.4, 0.5) is 5.82 Å². The zero-order valence-corrected chi connectivity index (χ0v) is 9.74. The minimum absolute atomic E-state index is 0.230. The van der Waals surface area contributed by atoms with Gasteiger partial charge in [-0.3, -0.25) is 9.78 Å². The van der Waals surface area contributed by atoms with Gasteiger partial charge in [0.1, 0.15) is 5.15 Å². The number of nitrogens with one attached hydrogen (secondary N) is 2. The zero-order valence-electron chi connectivity index (χ0n) is 8.98. The molecular formula is C11H11ClN4O. The van der Waals surface area contributed by atoms with Crippen LogP contribution >= 0.6 is 11.6 Å². The Hall–Kier alpha value is -1.88. The molecule has 0 spiro atoms. The number of anilines is 1. The first-order chi connectivity index (χ1) is 8.25. The number of halogens is 1. The fraction of sp³-hybridized carbons (Fsp3) is 0.182. The van der Waals surface area contributed by atoms with Gasteiger partial charge in [-0.05, 0) is 12.1 Å². The van der Waals surface area contributed by atoms with E-state index in [2.05, 4.69) is 20.3 Å². The van der Waals surface area contributed by atoms with Crippen LogP contribution in [0, 0.1) is 0 Å². The van der Waals surface area contributed by atoms with Crippen molar-refractivity contribution in [2.75, 3.05) is 11.9 Å². The van der Waals surface area contributed by atoms with Crippen molar-refractivity contribution in [1.29, 1.82) is 0 Å². The molecule has 0 aliphatic rings. The number of hydrogen-bond acceptors (Lipinski definition) is 4. The Morgan fingerprint density at radius 3 is 3.06 bits per heavy atom. The second-order valence-corrected chi connectivity index (χ2v) is 3.79. The van der Waals surface area contributed by atoms with Gasteiger partial charge in [0.25, 0.3) is 5.56 Å². The summed E-state index contributed by atoms with van der Waals surface area (Å²) in [6.07, 6.45) is 3.81. The normalized spacial score (nSPS) is 10.2. The fourth-order valence-electron chi connectivity index (χ4n) is 1.36. The number of rotatable bonds is 4. The maximum Gasteiger partial charge on any atom is 0.290 e. The Morgan fingerprint density at radius 1 is 1.41 bits per heavy atom. The lowest BCUT2D eigenvalue weighted by molar-refractivity contribution is 0.946. The molecule has 2 N–H and O–H groups in total. The molecule has 0 saturated heterocycles. The van der Waals surface area contributed by atoms with Gasteiger partial charge >= 0.3 is 0 Å². The maximum absolute atomic E-state index is 11.4. The highest BCUT2D eigenvalue weighted by molar-refractivity contribution is 6.29. The van der Waals surface area contributed by atoms with Gasteiger partial charge in [0, 0.05) is 31.1 Å². The predicted octanol–water partition coefficient (Wildman–Crippen LogP) is 1.47. The van der Waals surface area contributed by atoms with E-state index in [4.69, 9.17) is 11.6 Å². The van der Waals surface area contributed by atoms with E-state index in [0.717, 1.165) is 5.69 Å². The quantitative estimate of drug-likeness (QED) is 0.862. The van der Waals surface area contributed by atoms with E-state index in [-0.39, 0.29) is 16.5 Å². The van der Waals surface area contributed by atoms with E-state index < -0.39 is 0 Å². The van der Waals surface area contributed by atoms with E-state index in [1.54, 1.807) is 6.20 Å². The molecule has 0 radical (unpaired) electrons. The molecule has 2 aromatic rings. The first kappa shape index (κ1) is 11.6. The predicted molar refractivity (Wildman–Crippen MR) is 66.3 cm³/mol. The molecule has 5 nitrogen and oxygen atoms in total. The summed E-state index contributed by atoms with van der Waals surface area (Å²) in [5, 5.41) is 3.18. The van der Waals surface area contributed by atoms with Crippen LogP contribution in [0.1, 0.15) is 5.69 Å². The van der Waals surface area contributed by atoms with Gasteiger partial charge in [0.2, 0.25) is 0 Å². The van der Waals surface area contributed by atoms with Gasteiger partial charge in [-0.25, -0.2) is 4.98 Å². The van der Waals surface area contributed by atoms with Gasteiger partial charge in [-0.1, -0.05) is 17.7 Å². The van der Waals surface area contributed by atoms with Crippen LogP contribution in [0.5, 0.6) is 0 Å².